The second-order valence-electron chi connectivity index (χ2n) is 5.63. The van der Waals surface area contributed by atoms with Crippen LogP contribution in [0.25, 0.3) is 0 Å². The number of benzene rings is 1. The standard InChI is InChI=1S/C18H23ClN2O5/c1-5-7-12-14(17(22)26-6-2)15(21-18(23)20-12)10-8-11(19)16(25-4)13(9-10)24-3/h8-9,15H,5-7H2,1-4H3,(H2,20,21,23). The van der Waals surface area contributed by atoms with E-state index in [1.807, 2.05) is 6.92 Å². The van der Waals surface area contributed by atoms with E-state index in [-0.39, 0.29) is 6.61 Å². The van der Waals surface area contributed by atoms with E-state index < -0.39 is 18.0 Å². The fourth-order valence-corrected chi connectivity index (χ4v) is 3.17. The zero-order chi connectivity index (χ0) is 19.3. The Labute approximate surface area is 157 Å². The lowest BCUT2D eigenvalue weighted by Crippen LogP contribution is -2.46. The molecule has 1 heterocycles. The average Bonchev–Trinajstić information content (AvgIpc) is 2.60. The van der Waals surface area contributed by atoms with E-state index in [2.05, 4.69) is 10.6 Å². The monoisotopic (exact) mass is 382 g/mol. The smallest absolute Gasteiger partial charge is 0.338 e. The van der Waals surface area contributed by atoms with Crippen molar-refractivity contribution in [3.05, 3.63) is 34.0 Å². The molecule has 1 aliphatic rings. The summed E-state index contributed by atoms with van der Waals surface area (Å²) in [6, 6.07) is 2.23. The second-order valence-corrected chi connectivity index (χ2v) is 6.04. The van der Waals surface area contributed by atoms with Gasteiger partial charge in [-0.2, -0.15) is 0 Å². The molecule has 0 aromatic heterocycles. The Morgan fingerprint density at radius 3 is 2.54 bits per heavy atom. The van der Waals surface area contributed by atoms with Crippen LogP contribution < -0.4 is 20.1 Å². The van der Waals surface area contributed by atoms with Crippen LogP contribution in [0.5, 0.6) is 11.5 Å². The first-order valence-electron chi connectivity index (χ1n) is 8.35. The Bertz CT molecular complexity index is 733. The van der Waals surface area contributed by atoms with Gasteiger partial charge < -0.3 is 24.8 Å². The van der Waals surface area contributed by atoms with Gasteiger partial charge in [0.25, 0.3) is 0 Å². The highest BCUT2D eigenvalue weighted by atomic mass is 35.5. The van der Waals surface area contributed by atoms with E-state index in [1.165, 1.54) is 14.2 Å². The Kier molecular flexibility index (Phi) is 6.74. The molecule has 0 bridgehead atoms. The van der Waals surface area contributed by atoms with Gasteiger partial charge in [-0.25, -0.2) is 9.59 Å². The Balaban J connectivity index is 2.60. The normalized spacial score (nSPS) is 16.7. The van der Waals surface area contributed by atoms with Crippen molar-refractivity contribution in [1.82, 2.24) is 10.6 Å². The molecular formula is C18H23ClN2O5. The summed E-state index contributed by atoms with van der Waals surface area (Å²) in [6.45, 7) is 3.93. The summed E-state index contributed by atoms with van der Waals surface area (Å²) in [7, 11) is 2.97. The topological polar surface area (TPSA) is 85.9 Å². The molecular weight excluding hydrogens is 360 g/mol. The molecule has 2 amide bonds. The van der Waals surface area contributed by atoms with Crippen LogP contribution in [0, 0.1) is 0 Å². The molecule has 1 aromatic carbocycles. The van der Waals surface area contributed by atoms with Crippen LogP contribution in [0.2, 0.25) is 5.02 Å². The third kappa shape index (κ3) is 4.04. The summed E-state index contributed by atoms with van der Waals surface area (Å²) in [5.41, 5.74) is 1.50. The zero-order valence-electron chi connectivity index (χ0n) is 15.3. The molecule has 8 heteroatoms. The minimum Gasteiger partial charge on any atom is -0.493 e. The summed E-state index contributed by atoms with van der Waals surface area (Å²) in [5, 5.41) is 5.79. The third-order valence-electron chi connectivity index (χ3n) is 3.94. The van der Waals surface area contributed by atoms with E-state index in [9.17, 15) is 9.59 Å². The molecule has 1 atom stereocenters. The Morgan fingerprint density at radius 1 is 1.23 bits per heavy atom. The van der Waals surface area contributed by atoms with Crippen molar-refractivity contribution in [1.29, 1.82) is 0 Å². The lowest BCUT2D eigenvalue weighted by Gasteiger charge is -2.30. The van der Waals surface area contributed by atoms with Gasteiger partial charge in [-0.3, -0.25) is 0 Å². The maximum absolute atomic E-state index is 12.6. The van der Waals surface area contributed by atoms with Crippen molar-refractivity contribution in [3.8, 4) is 11.5 Å². The van der Waals surface area contributed by atoms with Gasteiger partial charge in [0.1, 0.15) is 0 Å². The van der Waals surface area contributed by atoms with Gasteiger partial charge in [0.05, 0.1) is 37.5 Å². The van der Waals surface area contributed by atoms with E-state index in [1.54, 1.807) is 19.1 Å². The highest BCUT2D eigenvalue weighted by Crippen LogP contribution is 2.40. The van der Waals surface area contributed by atoms with Gasteiger partial charge in [0, 0.05) is 5.70 Å². The summed E-state index contributed by atoms with van der Waals surface area (Å²) in [6.07, 6.45) is 1.30. The van der Waals surface area contributed by atoms with Gasteiger partial charge in [-0.05, 0) is 31.0 Å². The van der Waals surface area contributed by atoms with Crippen molar-refractivity contribution in [2.75, 3.05) is 20.8 Å². The fourth-order valence-electron chi connectivity index (χ4n) is 2.87. The molecule has 2 rings (SSSR count). The van der Waals surface area contributed by atoms with E-state index in [0.717, 1.165) is 6.42 Å². The van der Waals surface area contributed by atoms with Crippen LogP contribution in [-0.2, 0) is 9.53 Å². The zero-order valence-corrected chi connectivity index (χ0v) is 16.0. The molecule has 2 N–H and O–H groups in total. The van der Waals surface area contributed by atoms with Crippen LogP contribution >= 0.6 is 11.6 Å². The molecule has 1 aliphatic heterocycles. The van der Waals surface area contributed by atoms with E-state index in [4.69, 9.17) is 25.8 Å². The summed E-state index contributed by atoms with van der Waals surface area (Å²) < 4.78 is 15.8. The molecule has 1 unspecified atom stereocenters. The predicted octanol–water partition coefficient (Wildman–Crippen LogP) is 3.33. The third-order valence-corrected chi connectivity index (χ3v) is 4.22. The number of rotatable bonds is 7. The molecule has 142 valence electrons. The molecule has 1 aromatic rings. The lowest BCUT2D eigenvalue weighted by atomic mass is 9.93. The van der Waals surface area contributed by atoms with E-state index in [0.29, 0.717) is 39.8 Å². The average molecular weight is 383 g/mol. The number of urea groups is 1. The fraction of sp³-hybridized carbons (Fsp3) is 0.444. The molecule has 0 aliphatic carbocycles. The summed E-state index contributed by atoms with van der Waals surface area (Å²) >= 11 is 6.29. The number of methoxy groups -OCH3 is 2. The lowest BCUT2D eigenvalue weighted by molar-refractivity contribution is -0.139. The largest absolute Gasteiger partial charge is 0.493 e. The van der Waals surface area contributed by atoms with Crippen molar-refractivity contribution in [3.63, 3.8) is 0 Å². The van der Waals surface area contributed by atoms with Gasteiger partial charge in [0.15, 0.2) is 11.5 Å². The number of carbonyl (C=O) groups is 2. The van der Waals surface area contributed by atoms with E-state index >= 15 is 0 Å². The van der Waals surface area contributed by atoms with Crippen molar-refractivity contribution < 1.29 is 23.8 Å². The van der Waals surface area contributed by atoms with Gasteiger partial charge in [0.2, 0.25) is 0 Å². The summed E-state index contributed by atoms with van der Waals surface area (Å²) in [4.78, 5) is 24.7. The number of nitrogens with one attached hydrogen (secondary N) is 2. The number of esters is 1. The number of ether oxygens (including phenoxy) is 3. The van der Waals surface area contributed by atoms with Gasteiger partial charge in [-0.15, -0.1) is 0 Å². The SMILES string of the molecule is CCCC1=C(C(=O)OCC)C(c2cc(Cl)c(OC)c(OC)c2)NC(=O)N1. The Hall–Kier alpha value is -2.41. The minimum atomic E-state index is -0.707. The van der Waals surface area contributed by atoms with Crippen molar-refractivity contribution >= 4 is 23.6 Å². The highest BCUT2D eigenvalue weighted by molar-refractivity contribution is 6.32. The maximum atomic E-state index is 12.6. The van der Waals surface area contributed by atoms with Crippen LogP contribution in [0.15, 0.2) is 23.4 Å². The first-order chi connectivity index (χ1) is 12.5. The predicted molar refractivity (Wildman–Crippen MR) is 97.5 cm³/mol. The summed E-state index contributed by atoms with van der Waals surface area (Å²) in [5.74, 6) is 0.302. The molecule has 0 radical (unpaired) electrons. The number of amides is 2. The molecule has 26 heavy (non-hydrogen) atoms. The minimum absolute atomic E-state index is 0.231. The van der Waals surface area contributed by atoms with Crippen LogP contribution in [0.4, 0.5) is 4.79 Å². The first kappa shape index (κ1) is 19.9. The van der Waals surface area contributed by atoms with Crippen molar-refractivity contribution in [2.45, 2.75) is 32.7 Å². The van der Waals surface area contributed by atoms with Gasteiger partial charge >= 0.3 is 12.0 Å². The number of allylic oxidation sites excluding steroid dienone is 1. The van der Waals surface area contributed by atoms with Crippen LogP contribution in [-0.4, -0.2) is 32.8 Å². The number of hydrogen-bond acceptors (Lipinski definition) is 5. The van der Waals surface area contributed by atoms with Crippen LogP contribution in [0.1, 0.15) is 38.3 Å². The molecule has 0 spiro atoms. The quantitative estimate of drug-likeness (QED) is 0.706. The highest BCUT2D eigenvalue weighted by Gasteiger charge is 2.34. The number of hydrogen-bond donors (Lipinski definition) is 2. The molecule has 0 saturated heterocycles. The maximum Gasteiger partial charge on any atom is 0.338 e. The number of halogens is 1. The second kappa shape index (κ2) is 8.80. The number of carbonyl (C=O) groups excluding carboxylic acids is 2. The van der Waals surface area contributed by atoms with Gasteiger partial charge in [-0.1, -0.05) is 24.9 Å². The van der Waals surface area contributed by atoms with Crippen LogP contribution in [0.3, 0.4) is 0 Å². The molecule has 0 fully saturated rings. The molecule has 7 nitrogen and oxygen atoms in total. The first-order valence-corrected chi connectivity index (χ1v) is 8.73. The Morgan fingerprint density at radius 2 is 1.96 bits per heavy atom. The van der Waals surface area contributed by atoms with Crippen molar-refractivity contribution in [2.24, 2.45) is 0 Å². The molecule has 0 saturated carbocycles.